The first-order valence-corrected chi connectivity index (χ1v) is 10.2. The van der Waals surface area contributed by atoms with Gasteiger partial charge in [0, 0.05) is 17.5 Å². The lowest BCUT2D eigenvalue weighted by Gasteiger charge is -2.50. The number of amides is 1. The highest BCUT2D eigenvalue weighted by molar-refractivity contribution is 5.94. The molecule has 3 aliphatic rings. The SMILES string of the molecule is CC[C@H]1C2c3ccccc3C(c3ccccc32)[C@@H]1C(=O)Nc1ccc(C)cc1. The molecule has 1 amide bonds. The van der Waals surface area contributed by atoms with Crippen LogP contribution >= 0.6 is 0 Å². The lowest BCUT2D eigenvalue weighted by Crippen LogP contribution is -2.45. The van der Waals surface area contributed by atoms with Crippen molar-refractivity contribution in [3.8, 4) is 0 Å². The van der Waals surface area contributed by atoms with E-state index in [2.05, 4.69) is 67.7 Å². The summed E-state index contributed by atoms with van der Waals surface area (Å²) in [5.74, 6) is 0.861. The van der Waals surface area contributed by atoms with Crippen LogP contribution in [0.25, 0.3) is 0 Å². The zero-order valence-corrected chi connectivity index (χ0v) is 16.4. The maximum Gasteiger partial charge on any atom is 0.228 e. The highest BCUT2D eigenvalue weighted by Crippen LogP contribution is 2.59. The third-order valence-electron chi connectivity index (χ3n) is 6.67. The molecule has 3 aromatic carbocycles. The van der Waals surface area contributed by atoms with Crippen LogP contribution in [0.2, 0.25) is 0 Å². The zero-order valence-electron chi connectivity index (χ0n) is 16.4. The molecule has 0 saturated heterocycles. The van der Waals surface area contributed by atoms with Gasteiger partial charge in [0.1, 0.15) is 0 Å². The Bertz CT molecular complexity index is 989. The topological polar surface area (TPSA) is 29.1 Å². The predicted molar refractivity (Wildman–Crippen MR) is 114 cm³/mol. The summed E-state index contributed by atoms with van der Waals surface area (Å²) in [6.07, 6.45) is 0.996. The molecular weight excluding hydrogens is 342 g/mol. The summed E-state index contributed by atoms with van der Waals surface area (Å²) in [7, 11) is 0. The first kappa shape index (κ1) is 17.2. The molecule has 3 aromatic rings. The smallest absolute Gasteiger partial charge is 0.228 e. The molecule has 0 aliphatic heterocycles. The number of aryl methyl sites for hydroxylation is 1. The van der Waals surface area contributed by atoms with Crippen molar-refractivity contribution in [3.05, 3.63) is 101 Å². The molecular formula is C26H25NO. The highest BCUT2D eigenvalue weighted by Gasteiger charge is 2.51. The van der Waals surface area contributed by atoms with Crippen LogP contribution in [0.15, 0.2) is 72.8 Å². The summed E-state index contributed by atoms with van der Waals surface area (Å²) < 4.78 is 0. The number of hydrogen-bond donors (Lipinski definition) is 1. The van der Waals surface area contributed by atoms with Crippen LogP contribution in [0, 0.1) is 18.8 Å². The van der Waals surface area contributed by atoms with E-state index < -0.39 is 0 Å². The Balaban J connectivity index is 1.61. The number of rotatable bonds is 3. The van der Waals surface area contributed by atoms with Crippen LogP contribution in [-0.4, -0.2) is 5.91 Å². The van der Waals surface area contributed by atoms with Crippen LogP contribution in [0.5, 0.6) is 0 Å². The van der Waals surface area contributed by atoms with Crippen LogP contribution < -0.4 is 5.32 Å². The van der Waals surface area contributed by atoms with Gasteiger partial charge in [0.25, 0.3) is 0 Å². The van der Waals surface area contributed by atoms with E-state index in [-0.39, 0.29) is 17.7 Å². The molecule has 28 heavy (non-hydrogen) atoms. The van der Waals surface area contributed by atoms with Crippen molar-refractivity contribution < 1.29 is 4.79 Å². The van der Waals surface area contributed by atoms with Crippen molar-refractivity contribution in [1.29, 1.82) is 0 Å². The monoisotopic (exact) mass is 367 g/mol. The molecule has 0 radical (unpaired) electrons. The molecule has 2 atom stereocenters. The molecule has 6 rings (SSSR count). The molecule has 3 aliphatic carbocycles. The molecule has 2 nitrogen and oxygen atoms in total. The van der Waals surface area contributed by atoms with E-state index in [1.807, 2.05) is 24.3 Å². The second-order valence-corrected chi connectivity index (χ2v) is 8.17. The number of carbonyl (C=O) groups excluding carboxylic acids is 1. The number of hydrogen-bond acceptors (Lipinski definition) is 1. The molecule has 0 aromatic heterocycles. The van der Waals surface area contributed by atoms with Gasteiger partial charge in [-0.3, -0.25) is 4.79 Å². The molecule has 140 valence electrons. The number of fused-ring (bicyclic) bond motifs is 1. The summed E-state index contributed by atoms with van der Waals surface area (Å²) in [6, 6.07) is 25.5. The Morgan fingerprint density at radius 3 is 1.79 bits per heavy atom. The Hall–Kier alpha value is -2.87. The molecule has 0 unspecified atom stereocenters. The zero-order chi connectivity index (χ0) is 19.3. The van der Waals surface area contributed by atoms with Gasteiger partial charge in [-0.25, -0.2) is 0 Å². The molecule has 0 fully saturated rings. The lowest BCUT2D eigenvalue weighted by atomic mass is 9.53. The molecule has 0 saturated carbocycles. The summed E-state index contributed by atoms with van der Waals surface area (Å²) in [4.78, 5) is 13.5. The van der Waals surface area contributed by atoms with E-state index in [9.17, 15) is 4.79 Å². The van der Waals surface area contributed by atoms with Gasteiger partial charge in [-0.2, -0.15) is 0 Å². The van der Waals surface area contributed by atoms with E-state index in [1.165, 1.54) is 27.8 Å². The van der Waals surface area contributed by atoms with Crippen molar-refractivity contribution in [2.75, 3.05) is 5.32 Å². The maximum absolute atomic E-state index is 13.5. The fourth-order valence-electron chi connectivity index (χ4n) is 5.49. The first-order chi connectivity index (χ1) is 13.7. The van der Waals surface area contributed by atoms with Gasteiger partial charge in [0.2, 0.25) is 5.91 Å². The second kappa shape index (κ2) is 6.63. The van der Waals surface area contributed by atoms with E-state index in [4.69, 9.17) is 0 Å². The minimum absolute atomic E-state index is 0.0406. The summed E-state index contributed by atoms with van der Waals surface area (Å²) >= 11 is 0. The van der Waals surface area contributed by atoms with Gasteiger partial charge in [-0.05, 0) is 47.2 Å². The average molecular weight is 367 g/mol. The van der Waals surface area contributed by atoms with E-state index in [0.29, 0.717) is 11.8 Å². The van der Waals surface area contributed by atoms with Crippen molar-refractivity contribution in [3.63, 3.8) is 0 Å². The van der Waals surface area contributed by atoms with Crippen LogP contribution in [0.4, 0.5) is 5.69 Å². The normalized spacial score (nSPS) is 24.4. The molecule has 0 heterocycles. The van der Waals surface area contributed by atoms with Crippen LogP contribution in [-0.2, 0) is 4.79 Å². The lowest BCUT2D eigenvalue weighted by molar-refractivity contribution is -0.122. The summed E-state index contributed by atoms with van der Waals surface area (Å²) in [5, 5.41) is 3.21. The number of nitrogens with one attached hydrogen (secondary N) is 1. The highest BCUT2D eigenvalue weighted by atomic mass is 16.1. The van der Waals surface area contributed by atoms with Crippen molar-refractivity contribution in [1.82, 2.24) is 0 Å². The fraction of sp³-hybridized carbons (Fsp3) is 0.269. The quantitative estimate of drug-likeness (QED) is 0.616. The Labute approximate surface area is 166 Å². The minimum atomic E-state index is -0.0406. The van der Waals surface area contributed by atoms with E-state index in [0.717, 1.165) is 12.1 Å². The number of carbonyl (C=O) groups is 1. The third-order valence-corrected chi connectivity index (χ3v) is 6.67. The summed E-state index contributed by atoms with van der Waals surface area (Å²) in [6.45, 7) is 4.29. The first-order valence-electron chi connectivity index (χ1n) is 10.2. The largest absolute Gasteiger partial charge is 0.326 e. The average Bonchev–Trinajstić information content (AvgIpc) is 2.74. The van der Waals surface area contributed by atoms with Crippen LogP contribution in [0.1, 0.15) is 53.0 Å². The van der Waals surface area contributed by atoms with Crippen molar-refractivity contribution in [2.24, 2.45) is 11.8 Å². The fourth-order valence-corrected chi connectivity index (χ4v) is 5.49. The molecule has 1 N–H and O–H groups in total. The third kappa shape index (κ3) is 2.51. The van der Waals surface area contributed by atoms with Gasteiger partial charge in [0.15, 0.2) is 0 Å². The summed E-state index contributed by atoms with van der Waals surface area (Å²) in [5.41, 5.74) is 7.58. The van der Waals surface area contributed by atoms with Crippen molar-refractivity contribution >= 4 is 11.6 Å². The van der Waals surface area contributed by atoms with Gasteiger partial charge in [0.05, 0.1) is 5.92 Å². The van der Waals surface area contributed by atoms with Crippen LogP contribution in [0.3, 0.4) is 0 Å². The number of benzene rings is 3. The maximum atomic E-state index is 13.5. The molecule has 0 spiro atoms. The van der Waals surface area contributed by atoms with Gasteiger partial charge in [-0.15, -0.1) is 0 Å². The standard InChI is InChI=1S/C26H25NO/c1-3-18-23-19-8-4-6-10-21(19)24(22-11-7-5-9-20(22)23)25(18)26(28)27-17-14-12-16(2)13-15-17/h4-15,18,23-25H,3H2,1-2H3,(H,27,28)/t18-,23?,24?,25+/m0/s1. The second-order valence-electron chi connectivity index (χ2n) is 8.17. The Morgan fingerprint density at radius 2 is 1.29 bits per heavy atom. The predicted octanol–water partition coefficient (Wildman–Crippen LogP) is 5.87. The Kier molecular flexibility index (Phi) is 4.08. The van der Waals surface area contributed by atoms with E-state index in [1.54, 1.807) is 0 Å². The molecule has 2 bridgehead atoms. The van der Waals surface area contributed by atoms with Crippen molar-refractivity contribution in [2.45, 2.75) is 32.1 Å². The van der Waals surface area contributed by atoms with Gasteiger partial charge in [-0.1, -0.05) is 79.6 Å². The van der Waals surface area contributed by atoms with E-state index >= 15 is 0 Å². The Morgan fingerprint density at radius 1 is 0.786 bits per heavy atom. The molecule has 2 heteroatoms. The van der Waals surface area contributed by atoms with Gasteiger partial charge >= 0.3 is 0 Å². The minimum Gasteiger partial charge on any atom is -0.326 e. The number of anilines is 1. The van der Waals surface area contributed by atoms with Gasteiger partial charge < -0.3 is 5.32 Å².